The highest BCUT2D eigenvalue weighted by atomic mass is 16.6. The summed E-state index contributed by atoms with van der Waals surface area (Å²) >= 11 is 0. The van der Waals surface area contributed by atoms with E-state index in [1.165, 1.54) is 5.57 Å². The van der Waals surface area contributed by atoms with Gasteiger partial charge in [-0.3, -0.25) is 0 Å². The van der Waals surface area contributed by atoms with Crippen LogP contribution in [0, 0.1) is 11.8 Å². The van der Waals surface area contributed by atoms with Crippen molar-refractivity contribution in [3.8, 4) is 0 Å². The van der Waals surface area contributed by atoms with Gasteiger partial charge in [-0.2, -0.15) is 0 Å². The van der Waals surface area contributed by atoms with E-state index in [1.807, 2.05) is 0 Å². The molecule has 4 rings (SSSR count). The molecule has 1 saturated carbocycles. The molecule has 7 nitrogen and oxygen atoms in total. The summed E-state index contributed by atoms with van der Waals surface area (Å²) in [6, 6.07) is 0. The van der Waals surface area contributed by atoms with Crippen LogP contribution in [0.2, 0.25) is 0 Å². The highest BCUT2D eigenvalue weighted by molar-refractivity contribution is 5.68. The second-order valence-corrected chi connectivity index (χ2v) is 10.7. The van der Waals surface area contributed by atoms with Crippen LogP contribution in [0.3, 0.4) is 0 Å². The molecule has 32 heavy (non-hydrogen) atoms. The van der Waals surface area contributed by atoms with Crippen LogP contribution in [0.25, 0.3) is 0 Å². The Labute approximate surface area is 193 Å². The van der Waals surface area contributed by atoms with Crippen LogP contribution in [-0.4, -0.2) is 89.8 Å². The number of nitrogens with zero attached hydrogens (tertiary/aromatic N) is 2. The lowest BCUT2D eigenvalue weighted by molar-refractivity contribution is -0.157. The van der Waals surface area contributed by atoms with Crippen molar-refractivity contribution in [1.82, 2.24) is 9.80 Å². The van der Waals surface area contributed by atoms with Gasteiger partial charge >= 0.3 is 6.09 Å². The first-order chi connectivity index (χ1) is 15.2. The first-order valence-corrected chi connectivity index (χ1v) is 12.4. The average Bonchev–Trinajstić information content (AvgIpc) is 3.64. The Kier molecular flexibility index (Phi) is 6.42. The molecule has 0 bridgehead atoms. The Morgan fingerprint density at radius 2 is 1.97 bits per heavy atom. The number of hydrogen-bond acceptors (Lipinski definition) is 5. The summed E-state index contributed by atoms with van der Waals surface area (Å²) in [6.45, 7) is 14.7. The maximum Gasteiger partial charge on any atom is 0.407 e. The van der Waals surface area contributed by atoms with E-state index in [9.17, 15) is 9.90 Å². The number of amides is 1. The standard InChI is InChI=1S/C25H42N2O5/c1-7-26(8-2)15-24(13-14-27(24)22(28)29)18-11-12-25(16-31-25)21(20(18)30-6)23(5)19(32-23)10-9-17(3)4/h9,18-21H,7-8,10-16H2,1-6H3,(H,28,29)/t18-,19+,20-,21+,23-,24-,25-/m0/s1. The number of carboxylic acid groups (broad SMARTS) is 1. The molecule has 1 N–H and O–H groups in total. The zero-order valence-corrected chi connectivity index (χ0v) is 20.7. The Balaban J connectivity index is 1.65. The van der Waals surface area contributed by atoms with Gasteiger partial charge in [0.15, 0.2) is 0 Å². The molecular formula is C25H42N2O5. The summed E-state index contributed by atoms with van der Waals surface area (Å²) in [5.74, 6) is 0.238. The van der Waals surface area contributed by atoms with E-state index in [4.69, 9.17) is 14.2 Å². The number of likely N-dealkylation sites (N-methyl/N-ethyl adjacent to an activating group) is 1. The van der Waals surface area contributed by atoms with Crippen LogP contribution in [-0.2, 0) is 14.2 Å². The van der Waals surface area contributed by atoms with E-state index in [-0.39, 0.29) is 35.2 Å². The van der Waals surface area contributed by atoms with Gasteiger partial charge in [0, 0.05) is 32.0 Å². The molecule has 1 spiro atoms. The van der Waals surface area contributed by atoms with Gasteiger partial charge in [0.1, 0.15) is 5.60 Å². The molecule has 7 heteroatoms. The van der Waals surface area contributed by atoms with E-state index in [0.717, 1.165) is 51.9 Å². The van der Waals surface area contributed by atoms with E-state index in [1.54, 1.807) is 12.0 Å². The van der Waals surface area contributed by atoms with Crippen molar-refractivity contribution >= 4 is 6.09 Å². The van der Waals surface area contributed by atoms with Gasteiger partial charge in [-0.15, -0.1) is 0 Å². The Bertz CT molecular complexity index is 745. The number of rotatable bonds is 9. The van der Waals surface area contributed by atoms with Gasteiger partial charge < -0.3 is 29.1 Å². The van der Waals surface area contributed by atoms with Crippen molar-refractivity contribution in [2.24, 2.45) is 11.8 Å². The van der Waals surface area contributed by atoms with Crippen LogP contribution >= 0.6 is 0 Å². The van der Waals surface area contributed by atoms with E-state index < -0.39 is 11.6 Å². The molecule has 0 aromatic carbocycles. The molecule has 0 unspecified atom stereocenters. The summed E-state index contributed by atoms with van der Waals surface area (Å²) in [4.78, 5) is 16.3. The quantitative estimate of drug-likeness (QED) is 0.426. The van der Waals surface area contributed by atoms with Crippen LogP contribution in [0.4, 0.5) is 4.79 Å². The molecule has 1 aliphatic carbocycles. The molecule has 3 saturated heterocycles. The predicted molar refractivity (Wildman–Crippen MR) is 123 cm³/mol. The topological polar surface area (TPSA) is 78.1 Å². The predicted octanol–water partition coefficient (Wildman–Crippen LogP) is 3.77. The highest BCUT2D eigenvalue weighted by Crippen LogP contribution is 2.62. The molecule has 182 valence electrons. The average molecular weight is 451 g/mol. The zero-order valence-electron chi connectivity index (χ0n) is 20.7. The smallest absolute Gasteiger partial charge is 0.407 e. The molecule has 0 aromatic rings. The lowest BCUT2D eigenvalue weighted by atomic mass is 9.58. The number of hydrogen-bond donors (Lipinski definition) is 1. The number of ether oxygens (including phenoxy) is 3. The normalized spacial score (nSPS) is 42.7. The number of likely N-dealkylation sites (tertiary alicyclic amines) is 1. The first-order valence-electron chi connectivity index (χ1n) is 12.4. The molecule has 3 aliphatic heterocycles. The lowest BCUT2D eigenvalue weighted by Crippen LogP contribution is -2.73. The van der Waals surface area contributed by atoms with E-state index in [2.05, 4.69) is 45.6 Å². The summed E-state index contributed by atoms with van der Waals surface area (Å²) in [7, 11) is 1.79. The maximum atomic E-state index is 12.2. The van der Waals surface area contributed by atoms with E-state index in [0.29, 0.717) is 6.54 Å². The van der Waals surface area contributed by atoms with Crippen LogP contribution in [0.15, 0.2) is 11.6 Å². The molecular weight excluding hydrogens is 408 g/mol. The largest absolute Gasteiger partial charge is 0.465 e. The van der Waals surface area contributed by atoms with Crippen molar-refractivity contribution in [2.45, 2.75) is 89.3 Å². The van der Waals surface area contributed by atoms with Crippen molar-refractivity contribution in [3.63, 3.8) is 0 Å². The fourth-order valence-electron chi connectivity index (χ4n) is 6.86. The van der Waals surface area contributed by atoms with Crippen LogP contribution < -0.4 is 0 Å². The third-order valence-corrected chi connectivity index (χ3v) is 8.91. The summed E-state index contributed by atoms with van der Waals surface area (Å²) in [6.07, 6.45) is 5.17. The third-order valence-electron chi connectivity index (χ3n) is 8.91. The number of allylic oxidation sites excluding steroid dienone is 1. The number of epoxide rings is 2. The number of methoxy groups -OCH3 is 1. The van der Waals surface area contributed by atoms with Crippen LogP contribution in [0.1, 0.15) is 60.3 Å². The zero-order chi connectivity index (χ0) is 23.3. The van der Waals surface area contributed by atoms with Crippen molar-refractivity contribution in [3.05, 3.63) is 11.6 Å². The SMILES string of the molecule is CCN(CC)C[C@]1([C@H]2CC[C@]3(CO3)[C@@H]([C@@]3(C)O[C@@H]3CC=C(C)C)[C@H]2OC)CCN1C(=O)O. The summed E-state index contributed by atoms with van der Waals surface area (Å²) < 4.78 is 18.8. The maximum absolute atomic E-state index is 12.2. The molecule has 3 heterocycles. The van der Waals surface area contributed by atoms with E-state index >= 15 is 0 Å². The van der Waals surface area contributed by atoms with Gasteiger partial charge in [0.25, 0.3) is 0 Å². The van der Waals surface area contributed by atoms with Gasteiger partial charge in [0.05, 0.1) is 30.0 Å². The minimum absolute atomic E-state index is 0.0920. The van der Waals surface area contributed by atoms with Gasteiger partial charge in [-0.25, -0.2) is 4.79 Å². The third kappa shape index (κ3) is 3.79. The molecule has 4 fully saturated rings. The molecule has 0 radical (unpaired) electrons. The molecule has 4 aliphatic rings. The first kappa shape index (κ1) is 24.0. The molecule has 0 aromatic heterocycles. The molecule has 7 atom stereocenters. The minimum Gasteiger partial charge on any atom is -0.465 e. The Morgan fingerprint density at radius 1 is 1.28 bits per heavy atom. The van der Waals surface area contributed by atoms with Gasteiger partial charge in [-0.05, 0) is 59.5 Å². The Morgan fingerprint density at radius 3 is 2.44 bits per heavy atom. The van der Waals surface area contributed by atoms with Crippen molar-refractivity contribution in [1.29, 1.82) is 0 Å². The van der Waals surface area contributed by atoms with Gasteiger partial charge in [-0.1, -0.05) is 25.5 Å². The minimum atomic E-state index is -0.812. The van der Waals surface area contributed by atoms with Crippen LogP contribution in [0.5, 0.6) is 0 Å². The van der Waals surface area contributed by atoms with Gasteiger partial charge in [0.2, 0.25) is 0 Å². The second-order valence-electron chi connectivity index (χ2n) is 10.7. The summed E-state index contributed by atoms with van der Waals surface area (Å²) in [5.41, 5.74) is 0.416. The summed E-state index contributed by atoms with van der Waals surface area (Å²) in [5, 5.41) is 10.0. The Hall–Kier alpha value is -1.15. The molecule has 1 amide bonds. The van der Waals surface area contributed by atoms with Crippen molar-refractivity contribution < 1.29 is 24.1 Å². The fraction of sp³-hybridized carbons (Fsp3) is 0.880. The number of carbonyl (C=O) groups is 1. The fourth-order valence-corrected chi connectivity index (χ4v) is 6.86. The van der Waals surface area contributed by atoms with Crippen molar-refractivity contribution in [2.75, 3.05) is 39.9 Å². The second kappa shape index (κ2) is 8.57. The lowest BCUT2D eigenvalue weighted by Gasteiger charge is -2.61. The highest BCUT2D eigenvalue weighted by Gasteiger charge is 2.74. The monoisotopic (exact) mass is 450 g/mol.